The van der Waals surface area contributed by atoms with Crippen molar-refractivity contribution in [3.63, 3.8) is 0 Å². The largest absolute Gasteiger partial charge is 0.508 e. The molecule has 1 aromatic heterocycles. The van der Waals surface area contributed by atoms with E-state index < -0.39 is 0 Å². The van der Waals surface area contributed by atoms with Crippen molar-refractivity contribution in [1.29, 1.82) is 0 Å². The van der Waals surface area contributed by atoms with Crippen molar-refractivity contribution in [3.05, 3.63) is 58.2 Å². The highest BCUT2D eigenvalue weighted by molar-refractivity contribution is 6.42. The van der Waals surface area contributed by atoms with Gasteiger partial charge >= 0.3 is 0 Å². The molecular formula is C21H24Cl2N4O. The molecule has 0 bridgehead atoms. The summed E-state index contributed by atoms with van der Waals surface area (Å²) >= 11 is 12.1. The van der Waals surface area contributed by atoms with E-state index in [-0.39, 0.29) is 5.75 Å². The third-order valence-corrected chi connectivity index (χ3v) is 5.58. The van der Waals surface area contributed by atoms with E-state index in [2.05, 4.69) is 29.0 Å². The number of phenolic OH excluding ortho intramolecular Hbond substituents is 1. The summed E-state index contributed by atoms with van der Waals surface area (Å²) in [5.74, 6) is 0.976. The van der Waals surface area contributed by atoms with E-state index >= 15 is 0 Å². The molecule has 0 aliphatic heterocycles. The average Bonchev–Trinajstić information content (AvgIpc) is 3.05. The summed E-state index contributed by atoms with van der Waals surface area (Å²) in [5.41, 5.74) is 3.69. The molecule has 0 saturated carbocycles. The molecule has 3 aromatic rings. The molecule has 5 nitrogen and oxygen atoms in total. The van der Waals surface area contributed by atoms with Gasteiger partial charge in [-0.1, -0.05) is 35.3 Å². The summed E-state index contributed by atoms with van der Waals surface area (Å²) in [6, 6.07) is 11.3. The summed E-state index contributed by atoms with van der Waals surface area (Å²) in [4.78, 5) is 6.64. The molecule has 0 aliphatic rings. The molecule has 2 aromatic carbocycles. The first-order chi connectivity index (χ1) is 13.4. The molecule has 3 rings (SSSR count). The number of halogens is 2. The average molecular weight is 419 g/mol. The minimum atomic E-state index is 0.274. The number of imidazole rings is 1. The van der Waals surface area contributed by atoms with Gasteiger partial charge < -0.3 is 19.9 Å². The molecule has 0 atom stereocenters. The summed E-state index contributed by atoms with van der Waals surface area (Å²) in [6.45, 7) is 6.47. The van der Waals surface area contributed by atoms with E-state index in [1.54, 1.807) is 12.3 Å². The van der Waals surface area contributed by atoms with Crippen molar-refractivity contribution in [3.8, 4) is 17.0 Å². The van der Waals surface area contributed by atoms with Crippen LogP contribution in [0.1, 0.15) is 19.4 Å². The fourth-order valence-corrected chi connectivity index (χ4v) is 3.46. The van der Waals surface area contributed by atoms with Crippen molar-refractivity contribution in [1.82, 2.24) is 9.55 Å². The van der Waals surface area contributed by atoms with Gasteiger partial charge in [0.1, 0.15) is 5.75 Å². The van der Waals surface area contributed by atoms with E-state index in [1.807, 2.05) is 41.9 Å². The normalized spacial score (nSPS) is 10.9. The first-order valence-electron chi connectivity index (χ1n) is 9.22. The van der Waals surface area contributed by atoms with E-state index in [4.69, 9.17) is 23.2 Å². The van der Waals surface area contributed by atoms with Gasteiger partial charge in [0.15, 0.2) is 0 Å². The molecule has 0 radical (unpaired) electrons. The number of hydrogen-bond donors (Lipinski definition) is 2. The molecule has 0 unspecified atom stereocenters. The van der Waals surface area contributed by atoms with Gasteiger partial charge in [-0.25, -0.2) is 4.98 Å². The minimum absolute atomic E-state index is 0.274. The third kappa shape index (κ3) is 4.21. The molecule has 1 heterocycles. The van der Waals surface area contributed by atoms with Gasteiger partial charge in [-0.05, 0) is 32.0 Å². The van der Waals surface area contributed by atoms with Crippen LogP contribution in [0, 0.1) is 0 Å². The van der Waals surface area contributed by atoms with Crippen LogP contribution in [0.5, 0.6) is 5.75 Å². The van der Waals surface area contributed by atoms with Crippen molar-refractivity contribution in [2.75, 3.05) is 23.3 Å². The second-order valence-electron chi connectivity index (χ2n) is 6.49. The zero-order chi connectivity index (χ0) is 20.3. The number of phenols is 1. The minimum Gasteiger partial charge on any atom is -0.508 e. The lowest BCUT2D eigenvalue weighted by molar-refractivity contribution is 0.469. The molecule has 0 fully saturated rings. The molecule has 0 amide bonds. The first kappa shape index (κ1) is 20.4. The lowest BCUT2D eigenvalue weighted by atomic mass is 10.1. The standard InChI is InChI=1S/C21H24Cl2N4O/c1-4-27(5-2)16-8-6-15(20(28)11-16)12-24-21-25-13-19(26(21)3)14-7-9-17(22)18(23)10-14/h6-11,13,28H,4-5,12H2,1-3H3,(H,24,25). The Morgan fingerprint density at radius 3 is 2.46 bits per heavy atom. The highest BCUT2D eigenvalue weighted by Crippen LogP contribution is 2.30. The van der Waals surface area contributed by atoms with Gasteiger partial charge in [-0.3, -0.25) is 0 Å². The Bertz CT molecular complexity index is 967. The van der Waals surface area contributed by atoms with Crippen LogP contribution in [0.4, 0.5) is 11.6 Å². The Morgan fingerprint density at radius 2 is 1.82 bits per heavy atom. The van der Waals surface area contributed by atoms with Gasteiger partial charge in [-0.2, -0.15) is 0 Å². The monoisotopic (exact) mass is 418 g/mol. The van der Waals surface area contributed by atoms with Crippen LogP contribution >= 0.6 is 23.2 Å². The second kappa shape index (κ2) is 8.76. The summed E-state index contributed by atoms with van der Waals surface area (Å²) in [6.07, 6.45) is 1.78. The predicted molar refractivity (Wildman–Crippen MR) is 118 cm³/mol. The van der Waals surface area contributed by atoms with E-state index in [0.29, 0.717) is 22.5 Å². The number of aromatic nitrogens is 2. The first-order valence-corrected chi connectivity index (χ1v) is 9.98. The Balaban J connectivity index is 1.75. The number of benzene rings is 2. The van der Waals surface area contributed by atoms with Gasteiger partial charge in [0.25, 0.3) is 0 Å². The lowest BCUT2D eigenvalue weighted by Crippen LogP contribution is -2.21. The van der Waals surface area contributed by atoms with Crippen LogP contribution in [-0.4, -0.2) is 27.7 Å². The number of anilines is 2. The van der Waals surface area contributed by atoms with Crippen LogP contribution in [0.25, 0.3) is 11.3 Å². The number of hydrogen-bond acceptors (Lipinski definition) is 4. The Labute approximate surface area is 175 Å². The number of aromatic hydroxyl groups is 1. The van der Waals surface area contributed by atoms with Crippen LogP contribution < -0.4 is 10.2 Å². The Kier molecular flexibility index (Phi) is 6.37. The number of rotatable bonds is 7. The second-order valence-corrected chi connectivity index (χ2v) is 7.31. The fourth-order valence-electron chi connectivity index (χ4n) is 3.16. The quantitative estimate of drug-likeness (QED) is 0.527. The zero-order valence-electron chi connectivity index (χ0n) is 16.2. The summed E-state index contributed by atoms with van der Waals surface area (Å²) in [5, 5.41) is 14.7. The molecule has 28 heavy (non-hydrogen) atoms. The Morgan fingerprint density at radius 1 is 1.07 bits per heavy atom. The van der Waals surface area contributed by atoms with E-state index in [1.165, 1.54) is 0 Å². The van der Waals surface area contributed by atoms with E-state index in [9.17, 15) is 5.11 Å². The summed E-state index contributed by atoms with van der Waals surface area (Å²) in [7, 11) is 1.93. The smallest absolute Gasteiger partial charge is 0.203 e. The predicted octanol–water partition coefficient (Wildman–Crippen LogP) is 5.56. The lowest BCUT2D eigenvalue weighted by Gasteiger charge is -2.21. The van der Waals surface area contributed by atoms with Gasteiger partial charge in [-0.15, -0.1) is 0 Å². The highest BCUT2D eigenvalue weighted by atomic mass is 35.5. The maximum Gasteiger partial charge on any atom is 0.203 e. The van der Waals surface area contributed by atoms with Crippen molar-refractivity contribution in [2.24, 2.45) is 7.05 Å². The molecule has 148 valence electrons. The summed E-state index contributed by atoms with van der Waals surface area (Å²) < 4.78 is 1.95. The van der Waals surface area contributed by atoms with Gasteiger partial charge in [0, 0.05) is 49.6 Å². The third-order valence-electron chi connectivity index (χ3n) is 4.84. The molecular weight excluding hydrogens is 395 g/mol. The Hall–Kier alpha value is -2.37. The topological polar surface area (TPSA) is 53.3 Å². The fraction of sp³-hybridized carbons (Fsp3) is 0.286. The van der Waals surface area contributed by atoms with E-state index in [0.717, 1.165) is 35.6 Å². The number of nitrogens with one attached hydrogen (secondary N) is 1. The maximum atomic E-state index is 10.4. The van der Waals surface area contributed by atoms with Crippen LogP contribution in [0.15, 0.2) is 42.6 Å². The molecule has 2 N–H and O–H groups in total. The van der Waals surface area contributed by atoms with Gasteiger partial charge in [0.05, 0.1) is 21.9 Å². The van der Waals surface area contributed by atoms with Crippen molar-refractivity contribution in [2.45, 2.75) is 20.4 Å². The van der Waals surface area contributed by atoms with Crippen LogP contribution in [-0.2, 0) is 13.6 Å². The number of nitrogens with zero attached hydrogens (tertiary/aromatic N) is 3. The molecule has 0 saturated heterocycles. The SMILES string of the molecule is CCN(CC)c1ccc(CNc2ncc(-c3ccc(Cl)c(Cl)c3)n2C)c(O)c1. The van der Waals surface area contributed by atoms with Crippen LogP contribution in [0.3, 0.4) is 0 Å². The maximum absolute atomic E-state index is 10.4. The molecule has 7 heteroatoms. The van der Waals surface area contributed by atoms with Crippen LogP contribution in [0.2, 0.25) is 10.0 Å². The highest BCUT2D eigenvalue weighted by Gasteiger charge is 2.12. The molecule has 0 aliphatic carbocycles. The van der Waals surface area contributed by atoms with Gasteiger partial charge in [0.2, 0.25) is 5.95 Å². The zero-order valence-corrected chi connectivity index (χ0v) is 17.7. The van der Waals surface area contributed by atoms with Crippen molar-refractivity contribution >= 4 is 34.8 Å². The van der Waals surface area contributed by atoms with Crippen molar-refractivity contribution < 1.29 is 5.11 Å². The molecule has 0 spiro atoms.